The third-order valence-electron chi connectivity index (χ3n) is 2.91. The molecular formula is C12H14N2O4. The van der Waals surface area contributed by atoms with Gasteiger partial charge < -0.3 is 9.84 Å². The topological polar surface area (TPSA) is 79.7 Å². The van der Waals surface area contributed by atoms with Gasteiger partial charge in [0, 0.05) is 19.3 Å². The van der Waals surface area contributed by atoms with Crippen LogP contribution in [0.15, 0.2) is 12.3 Å². The third kappa shape index (κ3) is 2.65. The predicted molar refractivity (Wildman–Crippen MR) is 62.2 cm³/mol. The van der Waals surface area contributed by atoms with E-state index >= 15 is 0 Å². The first kappa shape index (κ1) is 12.5. The molecule has 0 spiro atoms. The maximum atomic E-state index is 11.4. The van der Waals surface area contributed by atoms with Crippen LogP contribution in [0.4, 0.5) is 0 Å². The molecule has 6 nitrogen and oxygen atoms in total. The van der Waals surface area contributed by atoms with Gasteiger partial charge in [0.2, 0.25) is 0 Å². The van der Waals surface area contributed by atoms with Crippen LogP contribution in [0.2, 0.25) is 0 Å². The zero-order valence-corrected chi connectivity index (χ0v) is 10.0. The summed E-state index contributed by atoms with van der Waals surface area (Å²) in [5.74, 6) is -1.25. The van der Waals surface area contributed by atoms with Gasteiger partial charge in [-0.2, -0.15) is 0 Å². The second kappa shape index (κ2) is 5.14. The van der Waals surface area contributed by atoms with Crippen LogP contribution in [0.3, 0.4) is 0 Å². The maximum absolute atomic E-state index is 11.4. The van der Waals surface area contributed by atoms with Crippen LogP contribution in [0, 0.1) is 0 Å². The fourth-order valence-electron chi connectivity index (χ4n) is 2.02. The molecule has 0 saturated carbocycles. The molecule has 1 aliphatic heterocycles. The first-order chi connectivity index (χ1) is 8.60. The summed E-state index contributed by atoms with van der Waals surface area (Å²) in [6.07, 6.45) is 2.16. The molecular weight excluding hydrogens is 236 g/mol. The summed E-state index contributed by atoms with van der Waals surface area (Å²) in [7, 11) is 1.33. The van der Waals surface area contributed by atoms with Gasteiger partial charge in [0.1, 0.15) is 0 Å². The van der Waals surface area contributed by atoms with E-state index in [0.29, 0.717) is 25.1 Å². The molecule has 1 aromatic rings. The van der Waals surface area contributed by atoms with Crippen LogP contribution in [0.25, 0.3) is 0 Å². The van der Waals surface area contributed by atoms with Crippen molar-refractivity contribution < 1.29 is 19.4 Å². The Kier molecular flexibility index (Phi) is 3.57. The first-order valence-electron chi connectivity index (χ1n) is 5.60. The van der Waals surface area contributed by atoms with Crippen LogP contribution in [-0.2, 0) is 22.5 Å². The lowest BCUT2D eigenvalue weighted by molar-refractivity contribution is -0.138. The van der Waals surface area contributed by atoms with Crippen molar-refractivity contribution in [2.45, 2.75) is 13.0 Å². The second-order valence-corrected chi connectivity index (χ2v) is 4.18. The Balaban J connectivity index is 2.15. The highest BCUT2D eigenvalue weighted by Gasteiger charge is 2.20. The van der Waals surface area contributed by atoms with Crippen LogP contribution >= 0.6 is 0 Å². The number of hydrogen-bond donors (Lipinski definition) is 1. The lowest BCUT2D eigenvalue weighted by Crippen LogP contribution is -2.35. The standard InChI is InChI=1S/C12H14N2O4/c1-18-12(17)9-4-8-2-3-14(7-11(15)16)6-10(8)13-5-9/h4-5H,2-3,6-7H2,1H3,(H,15,16). The number of fused-ring (bicyclic) bond motifs is 1. The molecule has 2 rings (SSSR count). The van der Waals surface area contributed by atoms with Crippen molar-refractivity contribution in [2.75, 3.05) is 20.2 Å². The molecule has 0 atom stereocenters. The van der Waals surface area contributed by atoms with Gasteiger partial charge >= 0.3 is 11.9 Å². The van der Waals surface area contributed by atoms with Crippen molar-refractivity contribution in [2.24, 2.45) is 0 Å². The largest absolute Gasteiger partial charge is 0.480 e. The van der Waals surface area contributed by atoms with Gasteiger partial charge in [-0.15, -0.1) is 0 Å². The Morgan fingerprint density at radius 3 is 3.00 bits per heavy atom. The number of pyridine rings is 1. The first-order valence-corrected chi connectivity index (χ1v) is 5.60. The lowest BCUT2D eigenvalue weighted by atomic mass is 10.0. The third-order valence-corrected chi connectivity index (χ3v) is 2.91. The molecule has 2 heterocycles. The molecule has 0 saturated heterocycles. The van der Waals surface area contributed by atoms with E-state index in [1.807, 2.05) is 4.90 Å². The van der Waals surface area contributed by atoms with E-state index in [4.69, 9.17) is 5.11 Å². The predicted octanol–water partition coefficient (Wildman–Crippen LogP) is 0.311. The van der Waals surface area contributed by atoms with Crippen LogP contribution in [0.5, 0.6) is 0 Å². The molecule has 0 aromatic carbocycles. The zero-order chi connectivity index (χ0) is 13.1. The van der Waals surface area contributed by atoms with Crippen LogP contribution in [-0.4, -0.2) is 47.1 Å². The second-order valence-electron chi connectivity index (χ2n) is 4.18. The molecule has 0 bridgehead atoms. The van der Waals surface area contributed by atoms with Crippen molar-refractivity contribution in [1.29, 1.82) is 0 Å². The highest BCUT2D eigenvalue weighted by molar-refractivity contribution is 5.89. The Morgan fingerprint density at radius 2 is 2.33 bits per heavy atom. The number of aliphatic carboxylic acids is 1. The van der Waals surface area contributed by atoms with Crippen molar-refractivity contribution in [3.8, 4) is 0 Å². The summed E-state index contributed by atoms with van der Waals surface area (Å²) < 4.78 is 4.63. The SMILES string of the molecule is COC(=O)c1cnc2c(c1)CCN(CC(=O)O)C2. The Hall–Kier alpha value is -1.95. The van der Waals surface area contributed by atoms with Gasteiger partial charge in [0.05, 0.1) is 24.9 Å². The molecule has 0 radical (unpaired) electrons. The smallest absolute Gasteiger partial charge is 0.339 e. The molecule has 0 fully saturated rings. The molecule has 1 aromatic heterocycles. The van der Waals surface area contributed by atoms with Gasteiger partial charge in [0.25, 0.3) is 0 Å². The average Bonchev–Trinajstić information content (AvgIpc) is 2.36. The van der Waals surface area contributed by atoms with Gasteiger partial charge in [0.15, 0.2) is 0 Å². The van der Waals surface area contributed by atoms with Crippen LogP contribution < -0.4 is 0 Å². The number of carboxylic acid groups (broad SMARTS) is 1. The number of methoxy groups -OCH3 is 1. The number of rotatable bonds is 3. The van der Waals surface area contributed by atoms with E-state index in [1.54, 1.807) is 6.07 Å². The molecule has 1 N–H and O–H groups in total. The summed E-state index contributed by atoms with van der Waals surface area (Å²) in [4.78, 5) is 28.0. The minimum Gasteiger partial charge on any atom is -0.480 e. The van der Waals surface area contributed by atoms with Gasteiger partial charge in [-0.25, -0.2) is 4.79 Å². The number of carboxylic acids is 1. The van der Waals surface area contributed by atoms with Crippen LogP contribution in [0.1, 0.15) is 21.6 Å². The normalized spacial score (nSPS) is 14.9. The van der Waals surface area contributed by atoms with Crippen molar-refractivity contribution in [3.05, 3.63) is 29.1 Å². The highest BCUT2D eigenvalue weighted by Crippen LogP contribution is 2.18. The molecule has 96 valence electrons. The van der Waals surface area contributed by atoms with Crippen molar-refractivity contribution >= 4 is 11.9 Å². The molecule has 1 aliphatic rings. The minimum atomic E-state index is -0.843. The summed E-state index contributed by atoms with van der Waals surface area (Å²) in [5, 5.41) is 8.74. The molecule has 0 aliphatic carbocycles. The number of esters is 1. The molecule has 18 heavy (non-hydrogen) atoms. The maximum Gasteiger partial charge on any atom is 0.339 e. The minimum absolute atomic E-state index is 0.0138. The van der Waals surface area contributed by atoms with Gasteiger partial charge in [-0.3, -0.25) is 14.7 Å². The summed E-state index contributed by atoms with van der Waals surface area (Å²) >= 11 is 0. The Morgan fingerprint density at radius 1 is 1.56 bits per heavy atom. The number of carbonyl (C=O) groups excluding carboxylic acids is 1. The van der Waals surface area contributed by atoms with E-state index in [9.17, 15) is 9.59 Å². The zero-order valence-electron chi connectivity index (χ0n) is 10.0. The Bertz CT molecular complexity index is 487. The van der Waals surface area contributed by atoms with E-state index in [0.717, 1.165) is 11.3 Å². The van der Waals surface area contributed by atoms with E-state index in [-0.39, 0.29) is 6.54 Å². The van der Waals surface area contributed by atoms with E-state index in [2.05, 4.69) is 9.72 Å². The molecule has 0 amide bonds. The van der Waals surface area contributed by atoms with E-state index < -0.39 is 11.9 Å². The number of hydrogen-bond acceptors (Lipinski definition) is 5. The van der Waals surface area contributed by atoms with Crippen molar-refractivity contribution in [1.82, 2.24) is 9.88 Å². The number of ether oxygens (including phenoxy) is 1. The summed E-state index contributed by atoms with van der Waals surface area (Å²) in [6, 6.07) is 1.77. The lowest BCUT2D eigenvalue weighted by Gasteiger charge is -2.26. The highest BCUT2D eigenvalue weighted by atomic mass is 16.5. The van der Waals surface area contributed by atoms with E-state index in [1.165, 1.54) is 13.3 Å². The quantitative estimate of drug-likeness (QED) is 0.778. The number of carbonyl (C=O) groups is 2. The number of aromatic nitrogens is 1. The molecule has 6 heteroatoms. The van der Waals surface area contributed by atoms with Gasteiger partial charge in [-0.1, -0.05) is 0 Å². The van der Waals surface area contributed by atoms with Crippen molar-refractivity contribution in [3.63, 3.8) is 0 Å². The Labute approximate surface area is 104 Å². The van der Waals surface area contributed by atoms with Gasteiger partial charge in [-0.05, 0) is 18.1 Å². The fourth-order valence-corrected chi connectivity index (χ4v) is 2.02. The summed E-state index contributed by atoms with van der Waals surface area (Å²) in [6.45, 7) is 1.18. The summed E-state index contributed by atoms with van der Waals surface area (Å²) in [5.41, 5.74) is 2.25. The molecule has 0 unspecified atom stereocenters. The number of nitrogens with zero attached hydrogens (tertiary/aromatic N) is 2. The average molecular weight is 250 g/mol. The fraction of sp³-hybridized carbons (Fsp3) is 0.417. The monoisotopic (exact) mass is 250 g/mol.